The molecule has 1 atom stereocenters. The molecule has 2 amide bonds. The highest BCUT2D eigenvalue weighted by Gasteiger charge is 2.32. The minimum absolute atomic E-state index is 0.0421. The van der Waals surface area contributed by atoms with E-state index in [2.05, 4.69) is 27.2 Å². The van der Waals surface area contributed by atoms with Gasteiger partial charge in [-0.05, 0) is 48.9 Å². The van der Waals surface area contributed by atoms with Crippen LogP contribution in [0.4, 0.5) is 15.0 Å². The highest BCUT2D eigenvalue weighted by atomic mass is 35.5. The lowest BCUT2D eigenvalue weighted by Gasteiger charge is -2.17. The topological polar surface area (TPSA) is 141 Å². The van der Waals surface area contributed by atoms with Gasteiger partial charge in [-0.15, -0.1) is 0 Å². The molecule has 2 fully saturated rings. The maximum absolute atomic E-state index is 15.3. The monoisotopic (exact) mass is 591 g/mol. The lowest BCUT2D eigenvalue weighted by Crippen LogP contribution is -2.27. The molecule has 1 aliphatic heterocycles. The molecule has 1 saturated carbocycles. The molecule has 13 heteroatoms. The Hall–Kier alpha value is -4.76. The number of methoxy groups -OCH3 is 1. The Balaban J connectivity index is 1.39. The molecular formula is C29H27ClFN7O4. The Kier molecular flexibility index (Phi) is 7.12. The van der Waals surface area contributed by atoms with Crippen molar-refractivity contribution in [2.45, 2.75) is 37.9 Å². The number of nitrogens with two attached hydrogens (primary N) is 1. The number of amides is 2. The maximum Gasteiger partial charge on any atom is 0.407 e. The molecule has 2 aromatic carbocycles. The Morgan fingerprint density at radius 1 is 1.21 bits per heavy atom. The second kappa shape index (κ2) is 10.9. The van der Waals surface area contributed by atoms with Crippen LogP contribution in [0.2, 0.25) is 5.02 Å². The number of carbonyl (C=O) groups excluding carboxylic acids is 1. The Morgan fingerprint density at radius 2 is 1.98 bits per heavy atom. The number of fused-ring (bicyclic) bond motifs is 1. The third-order valence-electron chi connectivity index (χ3n) is 7.55. The molecule has 0 bridgehead atoms. The predicted molar refractivity (Wildman–Crippen MR) is 153 cm³/mol. The summed E-state index contributed by atoms with van der Waals surface area (Å²) in [4.78, 5) is 30.0. The van der Waals surface area contributed by atoms with Crippen molar-refractivity contribution < 1.29 is 23.8 Å². The van der Waals surface area contributed by atoms with Crippen LogP contribution in [0.5, 0.6) is 5.75 Å². The zero-order valence-corrected chi connectivity index (χ0v) is 23.4. The molecule has 1 aliphatic carbocycles. The van der Waals surface area contributed by atoms with E-state index in [1.165, 1.54) is 4.90 Å². The van der Waals surface area contributed by atoms with E-state index in [9.17, 15) is 14.7 Å². The quantitative estimate of drug-likeness (QED) is 0.270. The van der Waals surface area contributed by atoms with E-state index in [0.29, 0.717) is 42.1 Å². The smallest absolute Gasteiger partial charge is 0.407 e. The number of primary amides is 1. The van der Waals surface area contributed by atoms with Crippen LogP contribution >= 0.6 is 11.6 Å². The number of nitrogens with one attached hydrogen (secondary N) is 1. The number of halogens is 2. The van der Waals surface area contributed by atoms with Crippen LogP contribution in [0.3, 0.4) is 0 Å². The van der Waals surface area contributed by atoms with E-state index >= 15 is 4.39 Å². The van der Waals surface area contributed by atoms with Gasteiger partial charge in [0.1, 0.15) is 22.6 Å². The molecule has 6 rings (SSSR count). The van der Waals surface area contributed by atoms with E-state index in [1.807, 2.05) is 24.3 Å². The predicted octanol–water partition coefficient (Wildman–Crippen LogP) is 4.40. The third-order valence-corrected chi connectivity index (χ3v) is 7.92. The number of carboxylic acid groups (broad SMARTS) is 1. The zero-order chi connectivity index (χ0) is 29.5. The summed E-state index contributed by atoms with van der Waals surface area (Å²) < 4.78 is 23.9. The number of ether oxygens (including phenoxy) is 1. The van der Waals surface area contributed by atoms with Crippen molar-refractivity contribution in [2.24, 2.45) is 5.73 Å². The number of benzene rings is 2. The number of nitrogens with zero attached hydrogens (tertiary/aromatic N) is 5. The molecular weight excluding hydrogens is 565 g/mol. The summed E-state index contributed by atoms with van der Waals surface area (Å²) in [6.07, 6.45) is 2.97. The van der Waals surface area contributed by atoms with Gasteiger partial charge in [-0.1, -0.05) is 29.7 Å². The molecule has 4 aromatic rings. The molecule has 2 aromatic heterocycles. The molecule has 2 aliphatic rings. The van der Waals surface area contributed by atoms with Crippen molar-refractivity contribution in [1.82, 2.24) is 24.2 Å². The standard InChI is InChI=1S/C29H27ClFN7O4/c1-42-20-7-2-16(3-8-20)13-33-28-23(27(32)39)21(35-38(28)19-10-11-36(14-19)29(40)41)9-4-17-12-22-26(25(31)24(17)30)37(15-34-22)18-5-6-18/h2-3,7-8,12,15,18-19,33H,5-6,10-11,13-14H2,1H3,(H2,32,39)(H,40,41)/t19-/m0/s1. The van der Waals surface area contributed by atoms with Gasteiger partial charge in [0.2, 0.25) is 0 Å². The van der Waals surface area contributed by atoms with Crippen LogP contribution < -0.4 is 15.8 Å². The fourth-order valence-corrected chi connectivity index (χ4v) is 5.40. The fourth-order valence-electron chi connectivity index (χ4n) is 5.21. The molecule has 216 valence electrons. The average molecular weight is 592 g/mol. The van der Waals surface area contributed by atoms with Gasteiger partial charge in [0, 0.05) is 31.2 Å². The number of likely N-dealkylation sites (tertiary alicyclic amines) is 1. The van der Waals surface area contributed by atoms with Crippen molar-refractivity contribution in [3.05, 3.63) is 69.9 Å². The summed E-state index contributed by atoms with van der Waals surface area (Å²) in [7, 11) is 1.58. The molecule has 11 nitrogen and oxygen atoms in total. The minimum atomic E-state index is -1.04. The van der Waals surface area contributed by atoms with Crippen LogP contribution in [0.25, 0.3) is 11.0 Å². The van der Waals surface area contributed by atoms with Crippen LogP contribution in [0, 0.1) is 17.7 Å². The number of hydrogen-bond donors (Lipinski definition) is 3. The lowest BCUT2D eigenvalue weighted by atomic mass is 10.1. The van der Waals surface area contributed by atoms with Crippen LogP contribution in [-0.2, 0) is 6.54 Å². The first-order valence-electron chi connectivity index (χ1n) is 13.4. The Morgan fingerprint density at radius 3 is 2.62 bits per heavy atom. The van der Waals surface area contributed by atoms with Crippen molar-refractivity contribution >= 4 is 40.5 Å². The SMILES string of the molecule is COc1ccc(CNc2c(C(N)=O)c(C#Cc3cc4ncn(C5CC5)c4c(F)c3Cl)nn2[C@H]2CCN(C(=O)O)C2)cc1. The molecule has 3 heterocycles. The van der Waals surface area contributed by atoms with Gasteiger partial charge < -0.3 is 30.4 Å². The number of imidazole rings is 1. The number of hydrogen-bond acceptors (Lipinski definition) is 6. The molecule has 0 spiro atoms. The van der Waals surface area contributed by atoms with Gasteiger partial charge in [0.15, 0.2) is 11.5 Å². The molecule has 4 N–H and O–H groups in total. The fraction of sp³-hybridized carbons (Fsp3) is 0.310. The number of carbonyl (C=O) groups is 2. The lowest BCUT2D eigenvalue weighted by molar-refractivity contribution is 0.100. The molecule has 1 saturated heterocycles. The number of aromatic nitrogens is 4. The van der Waals surface area contributed by atoms with Crippen LogP contribution in [-0.4, -0.2) is 61.5 Å². The Labute approximate surface area is 245 Å². The van der Waals surface area contributed by atoms with Crippen LogP contribution in [0.1, 0.15) is 58.5 Å². The number of anilines is 1. The first-order valence-corrected chi connectivity index (χ1v) is 13.8. The van der Waals surface area contributed by atoms with E-state index in [-0.39, 0.29) is 40.5 Å². The largest absolute Gasteiger partial charge is 0.497 e. The van der Waals surface area contributed by atoms with E-state index in [4.69, 9.17) is 22.1 Å². The zero-order valence-electron chi connectivity index (χ0n) is 22.6. The highest BCUT2D eigenvalue weighted by Crippen LogP contribution is 2.39. The summed E-state index contributed by atoms with van der Waals surface area (Å²) in [5.74, 6) is 5.36. The summed E-state index contributed by atoms with van der Waals surface area (Å²) >= 11 is 6.40. The van der Waals surface area contributed by atoms with Gasteiger partial charge in [-0.25, -0.2) is 18.9 Å². The van der Waals surface area contributed by atoms with E-state index in [1.54, 1.807) is 28.8 Å². The van der Waals surface area contributed by atoms with Gasteiger partial charge in [-0.2, -0.15) is 5.10 Å². The van der Waals surface area contributed by atoms with Crippen molar-refractivity contribution in [3.8, 4) is 17.6 Å². The Bertz CT molecular complexity index is 1770. The van der Waals surface area contributed by atoms with Crippen molar-refractivity contribution in [1.29, 1.82) is 0 Å². The van der Waals surface area contributed by atoms with Gasteiger partial charge >= 0.3 is 6.09 Å². The molecule has 0 radical (unpaired) electrons. The molecule has 0 unspecified atom stereocenters. The third kappa shape index (κ3) is 5.07. The van der Waals surface area contributed by atoms with Gasteiger partial charge in [0.05, 0.1) is 30.0 Å². The van der Waals surface area contributed by atoms with E-state index in [0.717, 1.165) is 18.4 Å². The van der Waals surface area contributed by atoms with Gasteiger partial charge in [-0.3, -0.25) is 4.79 Å². The van der Waals surface area contributed by atoms with Crippen molar-refractivity contribution in [2.75, 3.05) is 25.5 Å². The second-order valence-electron chi connectivity index (χ2n) is 10.3. The first-order chi connectivity index (χ1) is 20.2. The average Bonchev–Trinajstić information content (AvgIpc) is 3.38. The first kappa shape index (κ1) is 27.4. The summed E-state index contributed by atoms with van der Waals surface area (Å²) in [5.41, 5.74) is 7.78. The molecule has 42 heavy (non-hydrogen) atoms. The summed E-state index contributed by atoms with van der Waals surface area (Å²) in [5, 5.41) is 17.2. The normalized spacial score (nSPS) is 16.4. The minimum Gasteiger partial charge on any atom is -0.497 e. The summed E-state index contributed by atoms with van der Waals surface area (Å²) in [6.45, 7) is 0.805. The van der Waals surface area contributed by atoms with E-state index < -0.39 is 17.8 Å². The maximum atomic E-state index is 15.3. The van der Waals surface area contributed by atoms with Gasteiger partial charge in [0.25, 0.3) is 5.91 Å². The number of rotatable bonds is 7. The van der Waals surface area contributed by atoms with Crippen molar-refractivity contribution in [3.63, 3.8) is 0 Å². The highest BCUT2D eigenvalue weighted by molar-refractivity contribution is 6.32. The van der Waals surface area contributed by atoms with Crippen LogP contribution in [0.15, 0.2) is 36.7 Å². The summed E-state index contributed by atoms with van der Waals surface area (Å²) in [6, 6.07) is 8.84. The second-order valence-corrected chi connectivity index (χ2v) is 10.7.